The van der Waals surface area contributed by atoms with E-state index in [-0.39, 0.29) is 5.82 Å². The summed E-state index contributed by atoms with van der Waals surface area (Å²) in [5.74, 6) is 1.07. The number of halogens is 1. The molecule has 2 saturated heterocycles. The van der Waals surface area contributed by atoms with E-state index in [4.69, 9.17) is 0 Å². The number of piperidine rings is 1. The van der Waals surface area contributed by atoms with E-state index < -0.39 is 0 Å². The zero-order valence-corrected chi connectivity index (χ0v) is 10.9. The first-order chi connectivity index (χ1) is 9.31. The highest BCUT2D eigenvalue weighted by atomic mass is 19.1. The maximum Gasteiger partial charge on any atom is 0.183 e. The first-order valence-corrected chi connectivity index (χ1v) is 7.24. The van der Waals surface area contributed by atoms with Gasteiger partial charge in [-0.1, -0.05) is 11.6 Å². The number of rotatable bonds is 2. The van der Waals surface area contributed by atoms with Crippen LogP contribution in [0.4, 0.5) is 10.2 Å². The summed E-state index contributed by atoms with van der Waals surface area (Å²) in [4.78, 5) is 10.1. The van der Waals surface area contributed by atoms with Crippen LogP contribution in [0.15, 0.2) is 24.2 Å². The molecule has 2 unspecified atom stereocenters. The molecule has 1 aliphatic carbocycles. The van der Waals surface area contributed by atoms with Gasteiger partial charge < -0.3 is 4.90 Å². The molecular formula is C15H18FN3. The standard InChI is InChI=1S/C15H18FN3/c16-14-8-17-9-18-15(14)19-12-3-4-13(19)7-11(6-12)5-10-1-2-10/h5,8-10,12-13H,1-4,6-7H2. The van der Waals surface area contributed by atoms with Gasteiger partial charge in [0.1, 0.15) is 6.33 Å². The fraction of sp³-hybridized carbons (Fsp3) is 0.600. The third-order valence-electron chi connectivity index (χ3n) is 4.60. The second-order valence-corrected chi connectivity index (χ2v) is 6.06. The average molecular weight is 259 g/mol. The Morgan fingerprint density at radius 2 is 1.89 bits per heavy atom. The van der Waals surface area contributed by atoms with Crippen molar-refractivity contribution in [2.75, 3.05) is 4.90 Å². The van der Waals surface area contributed by atoms with Gasteiger partial charge in [0, 0.05) is 12.1 Å². The van der Waals surface area contributed by atoms with Gasteiger partial charge >= 0.3 is 0 Å². The van der Waals surface area contributed by atoms with Gasteiger partial charge in [0.2, 0.25) is 0 Å². The van der Waals surface area contributed by atoms with Gasteiger partial charge in [0.25, 0.3) is 0 Å². The van der Waals surface area contributed by atoms with Crippen molar-refractivity contribution in [1.82, 2.24) is 9.97 Å². The Hall–Kier alpha value is -1.45. The van der Waals surface area contributed by atoms with E-state index in [1.54, 1.807) is 5.57 Å². The molecule has 0 spiro atoms. The zero-order valence-electron chi connectivity index (χ0n) is 10.9. The Labute approximate surface area is 112 Å². The van der Waals surface area contributed by atoms with Crippen LogP contribution < -0.4 is 4.90 Å². The molecule has 1 aromatic heterocycles. The normalized spacial score (nSPS) is 29.7. The van der Waals surface area contributed by atoms with Gasteiger partial charge in [-0.3, -0.25) is 0 Å². The largest absolute Gasteiger partial charge is 0.347 e. The predicted octanol–water partition coefficient (Wildman–Crippen LogP) is 3.08. The number of hydrogen-bond acceptors (Lipinski definition) is 3. The summed E-state index contributed by atoms with van der Waals surface area (Å²) in [5.41, 5.74) is 1.60. The molecule has 100 valence electrons. The molecule has 3 nitrogen and oxygen atoms in total. The van der Waals surface area contributed by atoms with E-state index in [0.29, 0.717) is 17.9 Å². The molecule has 3 aliphatic rings. The average Bonchev–Trinajstić information content (AvgIpc) is 3.17. The maximum absolute atomic E-state index is 13.9. The van der Waals surface area contributed by atoms with Gasteiger partial charge in [-0.05, 0) is 44.4 Å². The Kier molecular flexibility index (Phi) is 2.57. The van der Waals surface area contributed by atoms with Gasteiger partial charge in [0.15, 0.2) is 11.6 Å². The third kappa shape index (κ3) is 2.03. The van der Waals surface area contributed by atoms with Crippen LogP contribution in [0.25, 0.3) is 0 Å². The van der Waals surface area contributed by atoms with E-state index in [9.17, 15) is 4.39 Å². The van der Waals surface area contributed by atoms with Crippen molar-refractivity contribution in [1.29, 1.82) is 0 Å². The zero-order chi connectivity index (χ0) is 12.8. The third-order valence-corrected chi connectivity index (χ3v) is 4.60. The molecule has 0 radical (unpaired) electrons. The molecule has 2 aliphatic heterocycles. The number of hydrogen-bond donors (Lipinski definition) is 0. The van der Waals surface area contributed by atoms with Crippen LogP contribution in [-0.4, -0.2) is 22.1 Å². The molecule has 0 amide bonds. The highest BCUT2D eigenvalue weighted by Crippen LogP contribution is 2.43. The first-order valence-electron chi connectivity index (χ1n) is 7.24. The number of fused-ring (bicyclic) bond motifs is 2. The highest BCUT2D eigenvalue weighted by Gasteiger charge is 2.40. The van der Waals surface area contributed by atoms with Crippen LogP contribution >= 0.6 is 0 Å². The van der Waals surface area contributed by atoms with E-state index in [0.717, 1.165) is 31.6 Å². The molecule has 4 heteroatoms. The summed E-state index contributed by atoms with van der Waals surface area (Å²) in [6.45, 7) is 0. The van der Waals surface area contributed by atoms with Gasteiger partial charge in [-0.15, -0.1) is 0 Å². The highest BCUT2D eigenvalue weighted by molar-refractivity contribution is 5.46. The molecule has 4 rings (SSSR count). The molecule has 3 heterocycles. The number of allylic oxidation sites excluding steroid dienone is 1. The lowest BCUT2D eigenvalue weighted by Gasteiger charge is -2.37. The first kappa shape index (κ1) is 11.4. The molecule has 1 aromatic rings. The van der Waals surface area contributed by atoms with Crippen molar-refractivity contribution >= 4 is 5.82 Å². The molecule has 2 atom stereocenters. The lowest BCUT2D eigenvalue weighted by Crippen LogP contribution is -2.41. The topological polar surface area (TPSA) is 29.0 Å². The summed E-state index contributed by atoms with van der Waals surface area (Å²) in [6, 6.07) is 0.876. The number of aromatic nitrogens is 2. The molecule has 0 N–H and O–H groups in total. The number of anilines is 1. The Morgan fingerprint density at radius 1 is 1.16 bits per heavy atom. The van der Waals surface area contributed by atoms with Crippen molar-refractivity contribution in [2.45, 2.75) is 50.6 Å². The van der Waals surface area contributed by atoms with Gasteiger partial charge in [0.05, 0.1) is 6.20 Å². The van der Waals surface area contributed by atoms with Crippen LogP contribution in [0.3, 0.4) is 0 Å². The minimum Gasteiger partial charge on any atom is -0.347 e. The monoisotopic (exact) mass is 259 g/mol. The Bertz CT molecular complexity index is 508. The SMILES string of the molecule is Fc1cncnc1N1C2CCC1CC(=CC1CC1)C2. The van der Waals surface area contributed by atoms with Crippen LogP contribution in [0, 0.1) is 11.7 Å². The summed E-state index contributed by atoms with van der Waals surface area (Å²) < 4.78 is 13.9. The Balaban J connectivity index is 1.61. The van der Waals surface area contributed by atoms with Crippen LogP contribution in [0.2, 0.25) is 0 Å². The smallest absolute Gasteiger partial charge is 0.183 e. The summed E-state index contributed by atoms with van der Waals surface area (Å²) in [5, 5.41) is 0. The van der Waals surface area contributed by atoms with Crippen LogP contribution in [0.1, 0.15) is 38.5 Å². The van der Waals surface area contributed by atoms with Crippen LogP contribution in [-0.2, 0) is 0 Å². The van der Waals surface area contributed by atoms with E-state index in [1.165, 1.54) is 25.4 Å². The van der Waals surface area contributed by atoms with Crippen molar-refractivity contribution < 1.29 is 4.39 Å². The van der Waals surface area contributed by atoms with Crippen molar-refractivity contribution in [3.05, 3.63) is 30.0 Å². The fourth-order valence-corrected chi connectivity index (χ4v) is 3.62. The van der Waals surface area contributed by atoms with Gasteiger partial charge in [-0.2, -0.15) is 0 Å². The van der Waals surface area contributed by atoms with Crippen LogP contribution in [0.5, 0.6) is 0 Å². The minimum absolute atomic E-state index is 0.283. The minimum atomic E-state index is -0.283. The quantitative estimate of drug-likeness (QED) is 0.764. The second kappa shape index (κ2) is 4.29. The van der Waals surface area contributed by atoms with E-state index in [2.05, 4.69) is 20.9 Å². The molecule has 3 fully saturated rings. The molecular weight excluding hydrogens is 241 g/mol. The van der Waals surface area contributed by atoms with Gasteiger partial charge in [-0.25, -0.2) is 14.4 Å². The Morgan fingerprint density at radius 3 is 2.53 bits per heavy atom. The number of nitrogens with zero attached hydrogens (tertiary/aromatic N) is 3. The molecule has 0 aromatic carbocycles. The summed E-state index contributed by atoms with van der Waals surface area (Å²) in [6.07, 6.45) is 12.5. The molecule has 19 heavy (non-hydrogen) atoms. The predicted molar refractivity (Wildman–Crippen MR) is 71.3 cm³/mol. The molecule has 1 saturated carbocycles. The second-order valence-electron chi connectivity index (χ2n) is 6.06. The fourth-order valence-electron chi connectivity index (χ4n) is 3.62. The summed E-state index contributed by atoms with van der Waals surface area (Å²) >= 11 is 0. The molecule has 2 bridgehead atoms. The van der Waals surface area contributed by atoms with E-state index in [1.807, 2.05) is 0 Å². The van der Waals surface area contributed by atoms with Crippen molar-refractivity contribution in [3.8, 4) is 0 Å². The van der Waals surface area contributed by atoms with E-state index >= 15 is 0 Å². The summed E-state index contributed by atoms with van der Waals surface area (Å²) in [7, 11) is 0. The van der Waals surface area contributed by atoms with Crippen molar-refractivity contribution in [3.63, 3.8) is 0 Å². The van der Waals surface area contributed by atoms with Crippen molar-refractivity contribution in [2.24, 2.45) is 5.92 Å². The lowest BCUT2D eigenvalue weighted by molar-refractivity contribution is 0.518. The maximum atomic E-state index is 13.9. The lowest BCUT2D eigenvalue weighted by atomic mass is 9.95.